The van der Waals surface area contributed by atoms with Gasteiger partial charge in [-0.3, -0.25) is 0 Å². The Labute approximate surface area is 103 Å². The SMILES string of the molecule is Cc1nnc(CC2CCCNC2)n1CC1CC1. The van der Waals surface area contributed by atoms with Gasteiger partial charge in [-0.25, -0.2) is 0 Å². The fourth-order valence-electron chi connectivity index (χ4n) is 2.73. The molecule has 4 heteroatoms. The summed E-state index contributed by atoms with van der Waals surface area (Å²) < 4.78 is 2.35. The molecule has 0 amide bonds. The molecule has 1 aliphatic heterocycles. The summed E-state index contributed by atoms with van der Waals surface area (Å²) in [6.45, 7) is 5.56. The largest absolute Gasteiger partial charge is 0.316 e. The van der Waals surface area contributed by atoms with Crippen LogP contribution < -0.4 is 5.32 Å². The Morgan fingerprint density at radius 3 is 2.82 bits per heavy atom. The van der Waals surface area contributed by atoms with Gasteiger partial charge in [0, 0.05) is 13.0 Å². The van der Waals surface area contributed by atoms with E-state index in [-0.39, 0.29) is 0 Å². The summed E-state index contributed by atoms with van der Waals surface area (Å²) in [5.74, 6) is 3.96. The molecule has 0 aromatic carbocycles. The third-order valence-electron chi connectivity index (χ3n) is 4.02. The van der Waals surface area contributed by atoms with Crippen molar-refractivity contribution >= 4 is 0 Å². The van der Waals surface area contributed by atoms with E-state index in [9.17, 15) is 0 Å². The highest BCUT2D eigenvalue weighted by atomic mass is 15.3. The van der Waals surface area contributed by atoms with Crippen LogP contribution in [0.3, 0.4) is 0 Å². The molecule has 1 aromatic rings. The number of rotatable bonds is 4. The standard InChI is InChI=1S/C13H22N4/c1-10-15-16-13(17(10)9-11-4-5-11)7-12-3-2-6-14-8-12/h11-12,14H,2-9H2,1H3. The first kappa shape index (κ1) is 11.2. The van der Waals surface area contributed by atoms with Crippen LogP contribution in [0.1, 0.15) is 37.3 Å². The van der Waals surface area contributed by atoms with Gasteiger partial charge in [0.25, 0.3) is 0 Å². The van der Waals surface area contributed by atoms with Crippen LogP contribution in [0, 0.1) is 18.8 Å². The van der Waals surface area contributed by atoms with Gasteiger partial charge in [0.15, 0.2) is 0 Å². The van der Waals surface area contributed by atoms with Crippen molar-refractivity contribution in [2.24, 2.45) is 11.8 Å². The van der Waals surface area contributed by atoms with E-state index in [0.717, 1.165) is 37.2 Å². The molecule has 2 aliphatic rings. The number of nitrogens with zero attached hydrogens (tertiary/aromatic N) is 3. The highest BCUT2D eigenvalue weighted by molar-refractivity contribution is 4.98. The van der Waals surface area contributed by atoms with E-state index in [4.69, 9.17) is 0 Å². The van der Waals surface area contributed by atoms with Gasteiger partial charge in [0.2, 0.25) is 0 Å². The molecule has 1 unspecified atom stereocenters. The van der Waals surface area contributed by atoms with Gasteiger partial charge in [-0.15, -0.1) is 10.2 Å². The summed E-state index contributed by atoms with van der Waals surface area (Å²) in [4.78, 5) is 0. The highest BCUT2D eigenvalue weighted by Gasteiger charge is 2.25. The maximum absolute atomic E-state index is 4.38. The first-order valence-corrected chi connectivity index (χ1v) is 6.92. The third kappa shape index (κ3) is 2.68. The molecule has 0 bridgehead atoms. The first-order chi connectivity index (χ1) is 8.33. The van der Waals surface area contributed by atoms with E-state index < -0.39 is 0 Å². The van der Waals surface area contributed by atoms with E-state index >= 15 is 0 Å². The zero-order valence-corrected chi connectivity index (χ0v) is 10.7. The summed E-state index contributed by atoms with van der Waals surface area (Å²) in [6, 6.07) is 0. The van der Waals surface area contributed by atoms with Gasteiger partial charge < -0.3 is 9.88 Å². The van der Waals surface area contributed by atoms with Gasteiger partial charge >= 0.3 is 0 Å². The van der Waals surface area contributed by atoms with Crippen molar-refractivity contribution in [2.75, 3.05) is 13.1 Å². The van der Waals surface area contributed by atoms with Crippen molar-refractivity contribution in [3.05, 3.63) is 11.6 Å². The number of piperidine rings is 1. The van der Waals surface area contributed by atoms with Crippen molar-refractivity contribution in [1.29, 1.82) is 0 Å². The molecule has 2 fully saturated rings. The second-order valence-electron chi connectivity index (χ2n) is 5.63. The summed E-state index contributed by atoms with van der Waals surface area (Å²) in [7, 11) is 0. The Hall–Kier alpha value is -0.900. The minimum atomic E-state index is 0.755. The van der Waals surface area contributed by atoms with Gasteiger partial charge in [-0.2, -0.15) is 0 Å². The smallest absolute Gasteiger partial charge is 0.133 e. The molecule has 17 heavy (non-hydrogen) atoms. The second kappa shape index (κ2) is 4.77. The predicted molar refractivity (Wildman–Crippen MR) is 66.8 cm³/mol. The van der Waals surface area contributed by atoms with Crippen LogP contribution >= 0.6 is 0 Å². The van der Waals surface area contributed by atoms with E-state index in [0.29, 0.717) is 0 Å². The van der Waals surface area contributed by atoms with Gasteiger partial charge in [-0.05, 0) is 57.5 Å². The quantitative estimate of drug-likeness (QED) is 0.859. The van der Waals surface area contributed by atoms with Gasteiger partial charge in [-0.1, -0.05) is 0 Å². The van der Waals surface area contributed by atoms with Crippen LogP contribution in [-0.4, -0.2) is 27.9 Å². The molecule has 0 radical (unpaired) electrons. The summed E-state index contributed by atoms with van der Waals surface area (Å²) in [6.07, 6.45) is 6.52. The Balaban J connectivity index is 1.68. The van der Waals surface area contributed by atoms with Crippen LogP contribution in [0.4, 0.5) is 0 Å². The molecule has 94 valence electrons. The minimum Gasteiger partial charge on any atom is -0.316 e. The molecule has 1 atom stereocenters. The van der Waals surface area contributed by atoms with Gasteiger partial charge in [0.05, 0.1) is 0 Å². The second-order valence-corrected chi connectivity index (χ2v) is 5.63. The molecule has 1 aromatic heterocycles. The van der Waals surface area contributed by atoms with Gasteiger partial charge in [0.1, 0.15) is 11.6 Å². The number of nitrogens with one attached hydrogen (secondary N) is 1. The minimum absolute atomic E-state index is 0.755. The lowest BCUT2D eigenvalue weighted by atomic mass is 9.96. The molecule has 3 rings (SSSR count). The Bertz CT molecular complexity index is 375. The Morgan fingerprint density at radius 2 is 2.12 bits per heavy atom. The number of hydrogen-bond donors (Lipinski definition) is 1. The van der Waals surface area contributed by atoms with Crippen LogP contribution in [0.25, 0.3) is 0 Å². The van der Waals surface area contributed by atoms with Crippen LogP contribution in [0.2, 0.25) is 0 Å². The fourth-order valence-corrected chi connectivity index (χ4v) is 2.73. The third-order valence-corrected chi connectivity index (χ3v) is 4.02. The predicted octanol–water partition coefficient (Wildman–Crippen LogP) is 1.54. The van der Waals surface area contributed by atoms with Crippen molar-refractivity contribution in [3.8, 4) is 0 Å². The van der Waals surface area contributed by atoms with Crippen molar-refractivity contribution in [1.82, 2.24) is 20.1 Å². The van der Waals surface area contributed by atoms with Crippen molar-refractivity contribution in [2.45, 2.75) is 45.6 Å². The van der Waals surface area contributed by atoms with Crippen molar-refractivity contribution in [3.63, 3.8) is 0 Å². The Kier molecular flexibility index (Phi) is 3.14. The molecular weight excluding hydrogens is 212 g/mol. The van der Waals surface area contributed by atoms with E-state index in [1.54, 1.807) is 0 Å². The maximum Gasteiger partial charge on any atom is 0.133 e. The molecule has 4 nitrogen and oxygen atoms in total. The lowest BCUT2D eigenvalue weighted by Crippen LogP contribution is -2.31. The topological polar surface area (TPSA) is 42.7 Å². The average Bonchev–Trinajstić information content (AvgIpc) is 3.10. The number of aromatic nitrogens is 3. The average molecular weight is 234 g/mol. The fraction of sp³-hybridized carbons (Fsp3) is 0.846. The summed E-state index contributed by atoms with van der Waals surface area (Å²) in [5.41, 5.74) is 0. The molecule has 2 heterocycles. The van der Waals surface area contributed by atoms with Crippen LogP contribution in [-0.2, 0) is 13.0 Å². The van der Waals surface area contributed by atoms with E-state index in [1.807, 2.05) is 0 Å². The lowest BCUT2D eigenvalue weighted by Gasteiger charge is -2.22. The van der Waals surface area contributed by atoms with E-state index in [1.165, 1.54) is 38.1 Å². The molecule has 1 aliphatic carbocycles. The molecule has 1 saturated heterocycles. The summed E-state index contributed by atoms with van der Waals surface area (Å²) >= 11 is 0. The van der Waals surface area contributed by atoms with E-state index in [2.05, 4.69) is 27.0 Å². The first-order valence-electron chi connectivity index (χ1n) is 6.92. The number of aryl methyl sites for hydroxylation is 1. The maximum atomic E-state index is 4.38. The molecule has 1 saturated carbocycles. The zero-order valence-electron chi connectivity index (χ0n) is 10.7. The Morgan fingerprint density at radius 1 is 1.24 bits per heavy atom. The van der Waals surface area contributed by atoms with Crippen molar-refractivity contribution < 1.29 is 0 Å². The zero-order chi connectivity index (χ0) is 11.7. The lowest BCUT2D eigenvalue weighted by molar-refractivity contribution is 0.364. The van der Waals surface area contributed by atoms with Crippen LogP contribution in [0.15, 0.2) is 0 Å². The highest BCUT2D eigenvalue weighted by Crippen LogP contribution is 2.31. The monoisotopic (exact) mass is 234 g/mol. The molecular formula is C13H22N4. The number of hydrogen-bond acceptors (Lipinski definition) is 3. The normalized spacial score (nSPS) is 25.1. The molecule has 1 N–H and O–H groups in total. The molecule has 0 spiro atoms. The summed E-state index contributed by atoms with van der Waals surface area (Å²) in [5, 5.41) is 12.1. The van der Waals surface area contributed by atoms with Crippen LogP contribution in [0.5, 0.6) is 0 Å².